The number of hydrogen-bond acceptors (Lipinski definition) is 5. The molecule has 0 aliphatic rings. The molecule has 0 bridgehead atoms. The molecule has 3 N–H and O–H groups in total. The third-order valence-corrected chi connectivity index (χ3v) is 6.66. The average molecular weight is 498 g/mol. The van der Waals surface area contributed by atoms with E-state index in [9.17, 15) is 4.79 Å². The number of hydrogen-bond donors (Lipinski definition) is 2. The molecular formula is C24H21Cl2N5OS. The predicted molar refractivity (Wildman–Crippen MR) is 134 cm³/mol. The molecule has 1 unspecified atom stereocenters. The van der Waals surface area contributed by atoms with Gasteiger partial charge < -0.3 is 11.2 Å². The number of nitrogens with two attached hydrogens (primary N) is 1. The molecule has 9 heteroatoms. The Bertz CT molecular complexity index is 1210. The Labute approximate surface area is 206 Å². The predicted octanol–water partition coefficient (Wildman–Crippen LogP) is 5.35. The Morgan fingerprint density at radius 3 is 2.18 bits per heavy atom. The molecule has 4 aromatic rings. The standard InChI is InChI=1S/C24H21Cl2N5OS/c1-15(33-24-30-29-22(31(24)27)19-14-18(25)12-13-20(19)26)23(32)28-21(16-8-4-2-5-9-16)17-10-6-3-7-11-17/h2-15,21H,27H2,1H3,(H,28,32). The van der Waals surface area contributed by atoms with E-state index in [4.69, 9.17) is 29.0 Å². The molecule has 1 heterocycles. The van der Waals surface area contributed by atoms with Crippen LogP contribution in [0.15, 0.2) is 84.0 Å². The maximum Gasteiger partial charge on any atom is 0.234 e. The zero-order valence-electron chi connectivity index (χ0n) is 17.7. The molecule has 1 amide bonds. The highest BCUT2D eigenvalue weighted by Crippen LogP contribution is 2.31. The number of nitrogens with zero attached hydrogens (tertiary/aromatic N) is 3. The lowest BCUT2D eigenvalue weighted by molar-refractivity contribution is -0.120. The molecule has 33 heavy (non-hydrogen) atoms. The summed E-state index contributed by atoms with van der Waals surface area (Å²) < 4.78 is 1.32. The van der Waals surface area contributed by atoms with Gasteiger partial charge in [-0.3, -0.25) is 4.79 Å². The van der Waals surface area contributed by atoms with Gasteiger partial charge in [0, 0.05) is 10.6 Å². The SMILES string of the molecule is CC(Sc1nnc(-c2cc(Cl)ccc2Cl)n1N)C(=O)NC(c1ccccc1)c1ccccc1. The lowest BCUT2D eigenvalue weighted by Crippen LogP contribution is -2.35. The Kier molecular flexibility index (Phi) is 7.23. The molecule has 0 aliphatic carbocycles. The summed E-state index contributed by atoms with van der Waals surface area (Å²) in [6.45, 7) is 1.80. The fraction of sp³-hybridized carbons (Fsp3) is 0.125. The number of rotatable bonds is 7. The number of carbonyl (C=O) groups is 1. The molecular weight excluding hydrogens is 477 g/mol. The van der Waals surface area contributed by atoms with Gasteiger partial charge in [-0.1, -0.05) is 95.6 Å². The minimum Gasteiger partial charge on any atom is -0.344 e. The number of thioether (sulfide) groups is 1. The van der Waals surface area contributed by atoms with E-state index >= 15 is 0 Å². The molecule has 1 aromatic heterocycles. The zero-order chi connectivity index (χ0) is 23.4. The van der Waals surface area contributed by atoms with E-state index in [-0.39, 0.29) is 11.9 Å². The number of carbonyl (C=O) groups excluding carboxylic acids is 1. The first-order chi connectivity index (χ1) is 15.9. The van der Waals surface area contributed by atoms with E-state index in [1.165, 1.54) is 16.4 Å². The van der Waals surface area contributed by atoms with Crippen molar-refractivity contribution in [3.8, 4) is 11.4 Å². The molecule has 6 nitrogen and oxygen atoms in total. The van der Waals surface area contributed by atoms with Crippen molar-refractivity contribution in [2.24, 2.45) is 0 Å². The number of aromatic nitrogens is 3. The molecule has 4 rings (SSSR count). The van der Waals surface area contributed by atoms with Crippen molar-refractivity contribution >= 4 is 40.9 Å². The van der Waals surface area contributed by atoms with Crippen molar-refractivity contribution in [3.05, 3.63) is 100 Å². The molecule has 0 fully saturated rings. The molecule has 1 atom stereocenters. The van der Waals surface area contributed by atoms with E-state index < -0.39 is 5.25 Å². The number of benzene rings is 3. The van der Waals surface area contributed by atoms with Gasteiger partial charge in [-0.15, -0.1) is 10.2 Å². The highest BCUT2D eigenvalue weighted by molar-refractivity contribution is 8.00. The number of halogens is 2. The second-order valence-corrected chi connectivity index (χ2v) is 9.47. The first-order valence-electron chi connectivity index (χ1n) is 10.2. The summed E-state index contributed by atoms with van der Waals surface area (Å²) in [4.78, 5) is 13.1. The van der Waals surface area contributed by atoms with Crippen LogP contribution < -0.4 is 11.2 Å². The van der Waals surface area contributed by atoms with Gasteiger partial charge in [0.05, 0.1) is 16.3 Å². The number of nitrogens with one attached hydrogen (secondary N) is 1. The van der Waals surface area contributed by atoms with E-state index in [1.54, 1.807) is 25.1 Å². The van der Waals surface area contributed by atoms with Crippen LogP contribution in [0.2, 0.25) is 10.0 Å². The lowest BCUT2D eigenvalue weighted by Gasteiger charge is -2.22. The van der Waals surface area contributed by atoms with Gasteiger partial charge in [-0.2, -0.15) is 0 Å². The van der Waals surface area contributed by atoms with Crippen molar-refractivity contribution in [3.63, 3.8) is 0 Å². The smallest absolute Gasteiger partial charge is 0.234 e. The van der Waals surface area contributed by atoms with Crippen LogP contribution in [0.25, 0.3) is 11.4 Å². The summed E-state index contributed by atoms with van der Waals surface area (Å²) in [6, 6.07) is 24.4. The molecule has 168 valence electrons. The lowest BCUT2D eigenvalue weighted by atomic mass is 9.98. The topological polar surface area (TPSA) is 85.8 Å². The van der Waals surface area contributed by atoms with Gasteiger partial charge in [0.1, 0.15) is 0 Å². The van der Waals surface area contributed by atoms with E-state index in [1.807, 2.05) is 60.7 Å². The summed E-state index contributed by atoms with van der Waals surface area (Å²) in [7, 11) is 0. The van der Waals surface area contributed by atoms with Crippen molar-refractivity contribution in [2.75, 3.05) is 5.84 Å². The minimum atomic E-state index is -0.478. The second kappa shape index (κ2) is 10.3. The fourth-order valence-electron chi connectivity index (χ4n) is 3.33. The normalized spacial score (nSPS) is 12.0. The number of nitrogen functional groups attached to an aromatic ring is 1. The van der Waals surface area contributed by atoms with Crippen LogP contribution in [-0.4, -0.2) is 26.0 Å². The monoisotopic (exact) mass is 497 g/mol. The minimum absolute atomic E-state index is 0.150. The molecule has 0 saturated heterocycles. The van der Waals surface area contributed by atoms with Gasteiger partial charge >= 0.3 is 0 Å². The largest absolute Gasteiger partial charge is 0.344 e. The van der Waals surface area contributed by atoms with Crippen molar-refractivity contribution < 1.29 is 4.79 Å². The Morgan fingerprint density at radius 2 is 1.58 bits per heavy atom. The van der Waals surface area contributed by atoms with Crippen LogP contribution in [0.3, 0.4) is 0 Å². The maximum absolute atomic E-state index is 13.1. The van der Waals surface area contributed by atoms with E-state index in [0.717, 1.165) is 11.1 Å². The van der Waals surface area contributed by atoms with Crippen molar-refractivity contribution in [1.29, 1.82) is 0 Å². The average Bonchev–Trinajstić information content (AvgIpc) is 3.19. The Morgan fingerprint density at radius 1 is 0.970 bits per heavy atom. The molecule has 3 aromatic carbocycles. The van der Waals surface area contributed by atoms with Crippen molar-refractivity contribution in [2.45, 2.75) is 23.4 Å². The summed E-state index contributed by atoms with van der Waals surface area (Å²) in [5.74, 6) is 6.44. The number of amides is 1. The van der Waals surface area contributed by atoms with Crippen LogP contribution in [0.5, 0.6) is 0 Å². The fourth-order valence-corrected chi connectivity index (χ4v) is 4.48. The van der Waals surface area contributed by atoms with Crippen LogP contribution in [0.1, 0.15) is 24.1 Å². The summed E-state index contributed by atoms with van der Waals surface area (Å²) in [6.07, 6.45) is 0. The van der Waals surface area contributed by atoms with Crippen LogP contribution >= 0.6 is 35.0 Å². The van der Waals surface area contributed by atoms with E-state index in [2.05, 4.69) is 15.5 Å². The molecule has 0 spiro atoms. The molecule has 0 radical (unpaired) electrons. The maximum atomic E-state index is 13.1. The van der Waals surface area contributed by atoms with Crippen molar-refractivity contribution in [1.82, 2.24) is 20.2 Å². The first-order valence-corrected chi connectivity index (χ1v) is 11.8. The van der Waals surface area contributed by atoms with Gasteiger partial charge in [0.25, 0.3) is 0 Å². The van der Waals surface area contributed by atoms with Gasteiger partial charge in [-0.05, 0) is 36.2 Å². The zero-order valence-corrected chi connectivity index (χ0v) is 20.0. The van der Waals surface area contributed by atoms with Gasteiger partial charge in [0.15, 0.2) is 5.82 Å². The van der Waals surface area contributed by atoms with Gasteiger partial charge in [-0.25, -0.2) is 4.68 Å². The molecule has 0 aliphatic heterocycles. The third kappa shape index (κ3) is 5.33. The summed E-state index contributed by atoms with van der Waals surface area (Å²) in [5.41, 5.74) is 2.56. The Hall–Kier alpha value is -3.00. The summed E-state index contributed by atoms with van der Waals surface area (Å²) in [5, 5.41) is 12.3. The van der Waals surface area contributed by atoms with Gasteiger partial charge in [0.2, 0.25) is 11.1 Å². The highest BCUT2D eigenvalue weighted by Gasteiger charge is 2.24. The molecule has 0 saturated carbocycles. The van der Waals surface area contributed by atoms with Crippen LogP contribution in [0, 0.1) is 0 Å². The summed E-state index contributed by atoms with van der Waals surface area (Å²) >= 11 is 13.6. The third-order valence-electron chi connectivity index (χ3n) is 5.04. The van der Waals surface area contributed by atoms with Crippen LogP contribution in [0.4, 0.5) is 0 Å². The second-order valence-electron chi connectivity index (χ2n) is 7.32. The quantitative estimate of drug-likeness (QED) is 0.265. The Balaban J connectivity index is 1.53. The van der Waals surface area contributed by atoms with Crippen LogP contribution in [-0.2, 0) is 4.79 Å². The highest BCUT2D eigenvalue weighted by atomic mass is 35.5. The first kappa shape index (κ1) is 23.2. The van der Waals surface area contributed by atoms with E-state index in [0.29, 0.717) is 26.6 Å².